The highest BCUT2D eigenvalue weighted by Crippen LogP contribution is 2.29. The first-order valence-corrected chi connectivity index (χ1v) is 9.46. The number of fused-ring (bicyclic) bond motifs is 1. The summed E-state index contributed by atoms with van der Waals surface area (Å²) < 4.78 is 13.2. The molecule has 1 aliphatic heterocycles. The Morgan fingerprint density at radius 1 is 1.14 bits per heavy atom. The van der Waals surface area contributed by atoms with Crippen LogP contribution in [0.4, 0.5) is 0 Å². The summed E-state index contributed by atoms with van der Waals surface area (Å²) in [7, 11) is 0. The molecule has 1 fully saturated rings. The van der Waals surface area contributed by atoms with Gasteiger partial charge in [-0.05, 0) is 25.5 Å². The second kappa shape index (κ2) is 6.79. The van der Waals surface area contributed by atoms with Gasteiger partial charge in [0, 0.05) is 18.9 Å². The van der Waals surface area contributed by atoms with Gasteiger partial charge in [0.05, 0.1) is 29.5 Å². The third-order valence-electron chi connectivity index (χ3n) is 4.92. The van der Waals surface area contributed by atoms with Crippen LogP contribution in [0.2, 0.25) is 0 Å². The number of oxazole rings is 1. The predicted octanol–water partition coefficient (Wildman–Crippen LogP) is 3.24. The van der Waals surface area contributed by atoms with Crippen molar-refractivity contribution >= 4 is 11.0 Å². The van der Waals surface area contributed by atoms with Crippen LogP contribution in [-0.4, -0.2) is 42.9 Å². The second-order valence-corrected chi connectivity index (χ2v) is 6.86. The van der Waals surface area contributed by atoms with E-state index in [1.54, 1.807) is 10.9 Å². The van der Waals surface area contributed by atoms with E-state index < -0.39 is 0 Å². The van der Waals surface area contributed by atoms with Crippen LogP contribution in [0, 0.1) is 6.92 Å². The Labute approximate surface area is 161 Å². The lowest BCUT2D eigenvalue weighted by molar-refractivity contribution is 0.193. The molecule has 0 radical (unpaired) electrons. The van der Waals surface area contributed by atoms with Crippen LogP contribution in [0.3, 0.4) is 0 Å². The fraction of sp³-hybridized carbons (Fsp3) is 0.350. The number of benzene rings is 1. The van der Waals surface area contributed by atoms with Crippen LogP contribution >= 0.6 is 0 Å². The number of rotatable bonds is 4. The monoisotopic (exact) mass is 376 g/mol. The summed E-state index contributed by atoms with van der Waals surface area (Å²) in [4.78, 5) is 18.5. The van der Waals surface area contributed by atoms with Crippen molar-refractivity contribution in [1.82, 2.24) is 29.7 Å². The van der Waals surface area contributed by atoms with Crippen LogP contribution in [0.15, 0.2) is 34.9 Å². The highest BCUT2D eigenvalue weighted by atomic mass is 16.5. The normalized spacial score (nSPS) is 16.9. The Morgan fingerprint density at radius 2 is 2.00 bits per heavy atom. The van der Waals surface area contributed by atoms with Crippen LogP contribution < -0.4 is 0 Å². The molecule has 28 heavy (non-hydrogen) atoms. The van der Waals surface area contributed by atoms with Crippen LogP contribution in [-0.2, 0) is 11.2 Å². The zero-order valence-electron chi connectivity index (χ0n) is 15.8. The van der Waals surface area contributed by atoms with Crippen molar-refractivity contribution in [3.8, 4) is 17.4 Å². The molecule has 1 aliphatic rings. The minimum Gasteiger partial charge on any atom is -0.437 e. The molecular formula is C20H20N6O2. The van der Waals surface area contributed by atoms with Crippen molar-refractivity contribution in [2.75, 3.05) is 13.2 Å². The second-order valence-electron chi connectivity index (χ2n) is 6.86. The van der Waals surface area contributed by atoms with E-state index in [0.29, 0.717) is 36.3 Å². The summed E-state index contributed by atoms with van der Waals surface area (Å²) in [6, 6.07) is 7.76. The zero-order chi connectivity index (χ0) is 19.1. The van der Waals surface area contributed by atoms with E-state index in [4.69, 9.17) is 24.2 Å². The number of aromatic nitrogens is 6. The summed E-state index contributed by atoms with van der Waals surface area (Å²) in [5, 5.41) is 4.76. The van der Waals surface area contributed by atoms with Crippen molar-refractivity contribution in [3.63, 3.8) is 0 Å². The van der Waals surface area contributed by atoms with E-state index in [1.807, 2.05) is 38.1 Å². The summed E-state index contributed by atoms with van der Waals surface area (Å²) in [5.74, 6) is 3.39. The van der Waals surface area contributed by atoms with Gasteiger partial charge in [-0.2, -0.15) is 4.68 Å². The Balaban J connectivity index is 1.68. The highest BCUT2D eigenvalue weighted by Gasteiger charge is 2.27. The van der Waals surface area contributed by atoms with E-state index in [2.05, 4.69) is 9.97 Å². The molecule has 0 N–H and O–H groups in total. The summed E-state index contributed by atoms with van der Waals surface area (Å²) in [6.07, 6.45) is 3.33. The van der Waals surface area contributed by atoms with Gasteiger partial charge >= 0.3 is 0 Å². The summed E-state index contributed by atoms with van der Waals surface area (Å²) in [5.41, 5.74) is 2.42. The number of hydrogen-bond donors (Lipinski definition) is 0. The minimum atomic E-state index is 0.169. The molecule has 1 unspecified atom stereocenters. The zero-order valence-corrected chi connectivity index (χ0v) is 15.8. The molecule has 1 atom stereocenters. The van der Waals surface area contributed by atoms with E-state index in [-0.39, 0.29) is 5.92 Å². The first kappa shape index (κ1) is 17.0. The molecule has 4 heterocycles. The first-order valence-electron chi connectivity index (χ1n) is 9.46. The van der Waals surface area contributed by atoms with E-state index >= 15 is 0 Å². The van der Waals surface area contributed by atoms with Crippen LogP contribution in [0.5, 0.6) is 0 Å². The molecule has 3 aromatic heterocycles. The Kier molecular flexibility index (Phi) is 4.12. The molecule has 0 amide bonds. The van der Waals surface area contributed by atoms with Gasteiger partial charge in [0.1, 0.15) is 0 Å². The largest absolute Gasteiger partial charge is 0.437 e. The van der Waals surface area contributed by atoms with Gasteiger partial charge in [0.2, 0.25) is 5.82 Å². The van der Waals surface area contributed by atoms with Crippen molar-refractivity contribution in [1.29, 1.82) is 0 Å². The van der Waals surface area contributed by atoms with Crippen molar-refractivity contribution < 1.29 is 9.15 Å². The quantitative estimate of drug-likeness (QED) is 0.540. The number of para-hydroxylation sites is 2. The number of aryl methyl sites for hydroxylation is 2. The number of hydrogen-bond acceptors (Lipinski definition) is 7. The molecule has 142 valence electrons. The number of nitrogens with zero attached hydrogens (tertiary/aromatic N) is 6. The van der Waals surface area contributed by atoms with Crippen molar-refractivity contribution in [2.24, 2.45) is 0 Å². The van der Waals surface area contributed by atoms with Gasteiger partial charge in [-0.3, -0.25) is 4.98 Å². The molecule has 5 rings (SSSR count). The lowest BCUT2D eigenvalue weighted by Gasteiger charge is -2.05. The minimum absolute atomic E-state index is 0.169. The summed E-state index contributed by atoms with van der Waals surface area (Å²) in [6.45, 7) is 5.28. The van der Waals surface area contributed by atoms with E-state index in [0.717, 1.165) is 35.6 Å². The lowest BCUT2D eigenvalue weighted by Crippen LogP contribution is -2.05. The predicted molar refractivity (Wildman–Crippen MR) is 102 cm³/mol. The van der Waals surface area contributed by atoms with Gasteiger partial charge in [0.25, 0.3) is 0 Å². The number of ether oxygens (including phenoxy) is 1. The first-order chi connectivity index (χ1) is 13.7. The maximum Gasteiger partial charge on any atom is 0.202 e. The smallest absolute Gasteiger partial charge is 0.202 e. The fourth-order valence-corrected chi connectivity index (χ4v) is 3.41. The maximum atomic E-state index is 5.96. The molecule has 8 heteroatoms. The average molecular weight is 376 g/mol. The standard InChI is InChI=1S/C20H20N6O2/c1-3-17-22-12(2)18(28-17)20-24-19(13-8-9-27-11-13)25-26(20)16-10-21-14-6-4-5-7-15(14)23-16/h4-7,10,13H,3,8-9,11H2,1-2H3. The van der Waals surface area contributed by atoms with Gasteiger partial charge in [0.15, 0.2) is 23.3 Å². The molecule has 4 aromatic rings. The van der Waals surface area contributed by atoms with Crippen LogP contribution in [0.25, 0.3) is 28.4 Å². The Bertz CT molecular complexity index is 1140. The Hall–Kier alpha value is -3.13. The Morgan fingerprint density at radius 3 is 2.75 bits per heavy atom. The van der Waals surface area contributed by atoms with Crippen molar-refractivity contribution in [2.45, 2.75) is 32.6 Å². The third-order valence-corrected chi connectivity index (χ3v) is 4.92. The molecule has 0 spiro atoms. The molecule has 1 aromatic carbocycles. The fourth-order valence-electron chi connectivity index (χ4n) is 3.41. The van der Waals surface area contributed by atoms with Gasteiger partial charge < -0.3 is 9.15 Å². The van der Waals surface area contributed by atoms with Crippen LogP contribution in [0.1, 0.15) is 36.7 Å². The topological polar surface area (TPSA) is 91.8 Å². The van der Waals surface area contributed by atoms with E-state index in [9.17, 15) is 0 Å². The third kappa shape index (κ3) is 2.86. The average Bonchev–Trinajstić information content (AvgIpc) is 3.46. The lowest BCUT2D eigenvalue weighted by atomic mass is 10.1. The van der Waals surface area contributed by atoms with Crippen molar-refractivity contribution in [3.05, 3.63) is 47.9 Å². The van der Waals surface area contributed by atoms with Gasteiger partial charge in [-0.1, -0.05) is 19.1 Å². The molecule has 1 saturated heterocycles. The summed E-state index contributed by atoms with van der Waals surface area (Å²) >= 11 is 0. The maximum absolute atomic E-state index is 5.96. The van der Waals surface area contributed by atoms with Gasteiger partial charge in [-0.15, -0.1) is 5.10 Å². The van der Waals surface area contributed by atoms with E-state index in [1.165, 1.54) is 0 Å². The molecule has 0 aliphatic carbocycles. The molecule has 0 bridgehead atoms. The SMILES string of the molecule is CCc1nc(C)c(-c2nc(C3CCOC3)nn2-c2cnc3ccccc3n2)o1. The highest BCUT2D eigenvalue weighted by molar-refractivity contribution is 5.74. The molecule has 0 saturated carbocycles. The molecular weight excluding hydrogens is 356 g/mol. The molecule has 8 nitrogen and oxygen atoms in total. The van der Waals surface area contributed by atoms with Gasteiger partial charge in [-0.25, -0.2) is 15.0 Å².